The normalized spacial score (nSPS) is 15.1. The fourth-order valence-electron chi connectivity index (χ4n) is 3.78. The van der Waals surface area contributed by atoms with Gasteiger partial charge in [0, 0.05) is 22.3 Å². The number of fused-ring (bicyclic) bond motifs is 1. The first-order valence-corrected chi connectivity index (χ1v) is 10.2. The van der Waals surface area contributed by atoms with Crippen LogP contribution in [0.3, 0.4) is 0 Å². The SMILES string of the molecule is COc1ccc(OC)c(-c2nc3ccc(Br)cn3c2NC2CCCCC2)c1. The van der Waals surface area contributed by atoms with Crippen molar-refractivity contribution in [1.82, 2.24) is 9.38 Å². The maximum Gasteiger partial charge on any atom is 0.139 e. The smallest absolute Gasteiger partial charge is 0.139 e. The summed E-state index contributed by atoms with van der Waals surface area (Å²) in [6, 6.07) is 10.3. The second-order valence-electron chi connectivity index (χ2n) is 6.93. The molecule has 0 atom stereocenters. The molecule has 1 fully saturated rings. The molecule has 1 aliphatic rings. The van der Waals surface area contributed by atoms with Crippen molar-refractivity contribution >= 4 is 27.4 Å². The van der Waals surface area contributed by atoms with Crippen molar-refractivity contribution in [2.24, 2.45) is 0 Å². The second kappa shape index (κ2) is 7.80. The molecule has 0 radical (unpaired) electrons. The number of imidazole rings is 1. The van der Waals surface area contributed by atoms with E-state index in [0.29, 0.717) is 6.04 Å². The maximum atomic E-state index is 5.62. The minimum Gasteiger partial charge on any atom is -0.497 e. The summed E-state index contributed by atoms with van der Waals surface area (Å²) in [5, 5.41) is 3.77. The Kier molecular flexibility index (Phi) is 5.25. The topological polar surface area (TPSA) is 47.8 Å². The largest absolute Gasteiger partial charge is 0.497 e. The summed E-state index contributed by atoms with van der Waals surface area (Å²) in [7, 11) is 3.36. The van der Waals surface area contributed by atoms with Crippen LogP contribution in [0.1, 0.15) is 32.1 Å². The van der Waals surface area contributed by atoms with Gasteiger partial charge in [-0.3, -0.25) is 4.40 Å². The average Bonchev–Trinajstić information content (AvgIpc) is 3.05. The predicted octanol–water partition coefficient (Wildman–Crippen LogP) is 5.53. The number of methoxy groups -OCH3 is 2. The van der Waals surface area contributed by atoms with Crippen LogP contribution in [0, 0.1) is 0 Å². The molecule has 0 unspecified atom stereocenters. The summed E-state index contributed by atoms with van der Waals surface area (Å²) < 4.78 is 14.2. The summed E-state index contributed by atoms with van der Waals surface area (Å²) in [5.41, 5.74) is 2.71. The van der Waals surface area contributed by atoms with Gasteiger partial charge in [0.2, 0.25) is 0 Å². The molecule has 0 aliphatic heterocycles. The Balaban J connectivity index is 1.88. The van der Waals surface area contributed by atoms with Gasteiger partial charge in [0.25, 0.3) is 0 Å². The Labute approximate surface area is 167 Å². The van der Waals surface area contributed by atoms with Crippen LogP contribution in [-0.2, 0) is 0 Å². The third-order valence-corrected chi connectivity index (χ3v) is 5.66. The highest BCUT2D eigenvalue weighted by Gasteiger charge is 2.22. The van der Waals surface area contributed by atoms with Crippen LogP contribution in [0.5, 0.6) is 11.5 Å². The molecule has 2 aromatic heterocycles. The monoisotopic (exact) mass is 429 g/mol. The first-order chi connectivity index (χ1) is 13.2. The van der Waals surface area contributed by atoms with Gasteiger partial charge < -0.3 is 14.8 Å². The number of nitrogens with one attached hydrogen (secondary N) is 1. The lowest BCUT2D eigenvalue weighted by Gasteiger charge is -2.24. The zero-order valence-corrected chi connectivity index (χ0v) is 17.3. The number of pyridine rings is 1. The van der Waals surface area contributed by atoms with Crippen LogP contribution in [0.25, 0.3) is 16.9 Å². The van der Waals surface area contributed by atoms with E-state index in [1.807, 2.05) is 30.3 Å². The van der Waals surface area contributed by atoms with Crippen molar-refractivity contribution in [2.75, 3.05) is 19.5 Å². The highest BCUT2D eigenvalue weighted by molar-refractivity contribution is 9.10. The van der Waals surface area contributed by atoms with Crippen LogP contribution >= 0.6 is 15.9 Å². The molecule has 1 saturated carbocycles. The summed E-state index contributed by atoms with van der Waals surface area (Å²) in [5.74, 6) is 2.57. The van der Waals surface area contributed by atoms with Crippen molar-refractivity contribution < 1.29 is 9.47 Å². The van der Waals surface area contributed by atoms with E-state index < -0.39 is 0 Å². The Bertz CT molecular complexity index is 948. The first kappa shape index (κ1) is 18.2. The number of aromatic nitrogens is 2. The van der Waals surface area contributed by atoms with Crippen molar-refractivity contribution in [2.45, 2.75) is 38.1 Å². The number of hydrogen-bond acceptors (Lipinski definition) is 4. The van der Waals surface area contributed by atoms with Gasteiger partial charge in [0.1, 0.15) is 28.7 Å². The third kappa shape index (κ3) is 3.63. The number of hydrogen-bond donors (Lipinski definition) is 1. The molecule has 1 aromatic carbocycles. The highest BCUT2D eigenvalue weighted by Crippen LogP contribution is 2.38. The van der Waals surface area contributed by atoms with E-state index in [9.17, 15) is 0 Å². The zero-order valence-electron chi connectivity index (χ0n) is 15.7. The summed E-state index contributed by atoms with van der Waals surface area (Å²) in [6.07, 6.45) is 8.31. The molecule has 2 heterocycles. The Hall–Kier alpha value is -2.21. The van der Waals surface area contributed by atoms with Crippen LogP contribution in [0.4, 0.5) is 5.82 Å². The second-order valence-corrected chi connectivity index (χ2v) is 7.85. The standard InChI is InChI=1S/C21H24BrN3O2/c1-26-16-9-10-18(27-2)17(12-16)20-21(23-15-6-4-3-5-7-15)25-13-14(22)8-11-19(25)24-20/h8-13,15,23H,3-7H2,1-2H3. The Morgan fingerprint density at radius 1 is 1.07 bits per heavy atom. The third-order valence-electron chi connectivity index (χ3n) is 5.19. The van der Waals surface area contributed by atoms with Gasteiger partial charge in [0.05, 0.1) is 14.2 Å². The number of halogens is 1. The number of benzene rings is 1. The molecule has 0 bridgehead atoms. The molecule has 0 spiro atoms. The van der Waals surface area contributed by atoms with Crippen LogP contribution in [0.2, 0.25) is 0 Å². The molecule has 6 heteroatoms. The maximum absolute atomic E-state index is 5.62. The molecule has 4 rings (SSSR count). The van der Waals surface area contributed by atoms with E-state index in [1.165, 1.54) is 32.1 Å². The lowest BCUT2D eigenvalue weighted by Crippen LogP contribution is -2.23. The van der Waals surface area contributed by atoms with E-state index in [2.05, 4.69) is 31.8 Å². The molecular weight excluding hydrogens is 406 g/mol. The first-order valence-electron chi connectivity index (χ1n) is 9.36. The van der Waals surface area contributed by atoms with E-state index in [4.69, 9.17) is 14.5 Å². The van der Waals surface area contributed by atoms with E-state index in [1.54, 1.807) is 14.2 Å². The van der Waals surface area contributed by atoms with E-state index in [0.717, 1.165) is 38.7 Å². The van der Waals surface area contributed by atoms with Crippen molar-refractivity contribution in [3.05, 3.63) is 41.0 Å². The zero-order chi connectivity index (χ0) is 18.8. The van der Waals surface area contributed by atoms with Gasteiger partial charge in [-0.05, 0) is 59.1 Å². The molecule has 27 heavy (non-hydrogen) atoms. The highest BCUT2D eigenvalue weighted by atomic mass is 79.9. The lowest BCUT2D eigenvalue weighted by molar-refractivity contribution is 0.404. The number of nitrogens with zero attached hydrogens (tertiary/aromatic N) is 2. The number of anilines is 1. The van der Waals surface area contributed by atoms with Crippen molar-refractivity contribution in [3.8, 4) is 22.8 Å². The fourth-order valence-corrected chi connectivity index (χ4v) is 4.12. The molecule has 0 amide bonds. The molecule has 3 aromatic rings. The number of rotatable bonds is 5. The van der Waals surface area contributed by atoms with E-state index >= 15 is 0 Å². The van der Waals surface area contributed by atoms with Crippen molar-refractivity contribution in [1.29, 1.82) is 0 Å². The summed E-state index contributed by atoms with van der Waals surface area (Å²) in [6.45, 7) is 0. The van der Waals surface area contributed by atoms with E-state index in [-0.39, 0.29) is 0 Å². The summed E-state index contributed by atoms with van der Waals surface area (Å²) in [4.78, 5) is 4.92. The summed E-state index contributed by atoms with van der Waals surface area (Å²) >= 11 is 3.59. The molecule has 142 valence electrons. The molecule has 1 N–H and O–H groups in total. The van der Waals surface area contributed by atoms with Crippen LogP contribution in [0.15, 0.2) is 41.0 Å². The van der Waals surface area contributed by atoms with Gasteiger partial charge in [-0.25, -0.2) is 4.98 Å². The van der Waals surface area contributed by atoms with Gasteiger partial charge in [-0.2, -0.15) is 0 Å². The number of ether oxygens (including phenoxy) is 2. The van der Waals surface area contributed by atoms with Crippen LogP contribution in [-0.4, -0.2) is 29.6 Å². The van der Waals surface area contributed by atoms with Gasteiger partial charge in [-0.1, -0.05) is 19.3 Å². The molecule has 5 nitrogen and oxygen atoms in total. The molecule has 0 saturated heterocycles. The van der Waals surface area contributed by atoms with Gasteiger partial charge >= 0.3 is 0 Å². The average molecular weight is 430 g/mol. The van der Waals surface area contributed by atoms with Gasteiger partial charge in [-0.15, -0.1) is 0 Å². The minimum atomic E-state index is 0.466. The quantitative estimate of drug-likeness (QED) is 0.579. The molecule has 1 aliphatic carbocycles. The van der Waals surface area contributed by atoms with Gasteiger partial charge in [0.15, 0.2) is 0 Å². The minimum absolute atomic E-state index is 0.466. The Morgan fingerprint density at radius 3 is 2.63 bits per heavy atom. The van der Waals surface area contributed by atoms with Crippen molar-refractivity contribution in [3.63, 3.8) is 0 Å². The predicted molar refractivity (Wildman–Crippen MR) is 112 cm³/mol. The van der Waals surface area contributed by atoms with Crippen LogP contribution < -0.4 is 14.8 Å². The Morgan fingerprint density at radius 2 is 1.89 bits per heavy atom. The fraction of sp³-hybridized carbons (Fsp3) is 0.381. The lowest BCUT2D eigenvalue weighted by atomic mass is 9.95. The molecular formula is C21H24BrN3O2.